The Morgan fingerprint density at radius 2 is 2.06 bits per heavy atom. The van der Waals surface area contributed by atoms with Crippen molar-refractivity contribution in [2.45, 2.75) is 38.5 Å². The molecule has 1 spiro atoms. The second-order valence-corrected chi connectivity index (χ2v) is 9.33. The largest absolute Gasteiger partial charge is 0.392 e. The molecule has 0 radical (unpaired) electrons. The fourth-order valence-electron chi connectivity index (χ4n) is 5.01. The Hall–Kier alpha value is -1.90. The highest BCUT2D eigenvalue weighted by molar-refractivity contribution is 6.43. The molecule has 0 aliphatic carbocycles. The number of aliphatic hydroxyl groups excluding tert-OH is 1. The van der Waals surface area contributed by atoms with Crippen molar-refractivity contribution in [3.8, 4) is 11.1 Å². The lowest BCUT2D eigenvalue weighted by molar-refractivity contribution is 0.0974. The van der Waals surface area contributed by atoms with Crippen LogP contribution in [0.1, 0.15) is 25.3 Å². The number of nitrogens with zero attached hydrogens (tertiary/aromatic N) is 4. The maximum atomic E-state index is 10.2. The molecule has 31 heavy (non-hydrogen) atoms. The summed E-state index contributed by atoms with van der Waals surface area (Å²) in [4.78, 5) is 6.78. The Balaban J connectivity index is 1.55. The smallest absolute Gasteiger partial charge is 0.165 e. The van der Waals surface area contributed by atoms with Crippen LogP contribution in [0.15, 0.2) is 30.6 Å². The van der Waals surface area contributed by atoms with E-state index < -0.39 is 0 Å². The van der Waals surface area contributed by atoms with Gasteiger partial charge in [-0.05, 0) is 37.5 Å². The second-order valence-electron chi connectivity index (χ2n) is 8.55. The molecule has 2 unspecified atom stereocenters. The average Bonchev–Trinajstić information content (AvgIpc) is 3.37. The van der Waals surface area contributed by atoms with Crippen molar-refractivity contribution in [1.29, 1.82) is 0 Å². The van der Waals surface area contributed by atoms with Crippen molar-refractivity contribution in [3.63, 3.8) is 0 Å². The molecular formula is C22H25Cl2N5O2. The lowest BCUT2D eigenvalue weighted by atomic mass is 9.73. The molecule has 2 saturated heterocycles. The van der Waals surface area contributed by atoms with E-state index >= 15 is 0 Å². The summed E-state index contributed by atoms with van der Waals surface area (Å²) in [7, 11) is 0. The van der Waals surface area contributed by atoms with Crippen LogP contribution in [0.3, 0.4) is 0 Å². The Kier molecular flexibility index (Phi) is 5.35. The van der Waals surface area contributed by atoms with E-state index in [-0.39, 0.29) is 24.2 Å². The Morgan fingerprint density at radius 1 is 1.29 bits per heavy atom. The van der Waals surface area contributed by atoms with Gasteiger partial charge in [0.05, 0.1) is 29.4 Å². The fourth-order valence-corrected chi connectivity index (χ4v) is 5.40. The van der Waals surface area contributed by atoms with E-state index in [1.807, 2.05) is 22.7 Å². The van der Waals surface area contributed by atoms with Crippen molar-refractivity contribution in [2.75, 3.05) is 24.6 Å². The first-order valence-electron chi connectivity index (χ1n) is 10.5. The summed E-state index contributed by atoms with van der Waals surface area (Å²) in [5.74, 6) is 0.897. The van der Waals surface area contributed by atoms with Crippen LogP contribution in [0.2, 0.25) is 10.0 Å². The van der Waals surface area contributed by atoms with Gasteiger partial charge in [-0.1, -0.05) is 35.3 Å². The molecular weight excluding hydrogens is 437 g/mol. The molecule has 7 nitrogen and oxygen atoms in total. The van der Waals surface area contributed by atoms with E-state index in [0.717, 1.165) is 55.0 Å². The van der Waals surface area contributed by atoms with Gasteiger partial charge in [0.1, 0.15) is 12.1 Å². The van der Waals surface area contributed by atoms with Crippen LogP contribution < -0.4 is 10.6 Å². The molecule has 0 bridgehead atoms. The number of pyridine rings is 1. The van der Waals surface area contributed by atoms with Crippen molar-refractivity contribution < 1.29 is 9.84 Å². The van der Waals surface area contributed by atoms with Gasteiger partial charge in [-0.25, -0.2) is 4.98 Å². The number of hydrogen-bond donors (Lipinski definition) is 2. The minimum Gasteiger partial charge on any atom is -0.392 e. The van der Waals surface area contributed by atoms with Crippen molar-refractivity contribution in [3.05, 3.63) is 46.2 Å². The number of benzene rings is 1. The van der Waals surface area contributed by atoms with Gasteiger partial charge in [0.25, 0.3) is 0 Å². The average molecular weight is 462 g/mol. The number of halogens is 2. The quantitative estimate of drug-likeness (QED) is 0.619. The normalized spacial score (nSPS) is 23.2. The summed E-state index contributed by atoms with van der Waals surface area (Å²) in [5.41, 5.74) is 9.34. The predicted molar refractivity (Wildman–Crippen MR) is 122 cm³/mol. The Morgan fingerprint density at radius 3 is 2.74 bits per heavy atom. The predicted octanol–water partition coefficient (Wildman–Crippen LogP) is 3.53. The third-order valence-electron chi connectivity index (χ3n) is 6.93. The SMILES string of the molecule is CC1OCC2(CCN(c3cc(CO)c(-c4cccc(Cl)c4Cl)c4ncnn34)CC2)C1N. The van der Waals surface area contributed by atoms with Crippen molar-refractivity contribution >= 4 is 34.7 Å². The van der Waals surface area contributed by atoms with Crippen LogP contribution in [0.4, 0.5) is 5.82 Å². The number of rotatable bonds is 3. The van der Waals surface area contributed by atoms with E-state index in [9.17, 15) is 5.11 Å². The van der Waals surface area contributed by atoms with Gasteiger partial charge in [0.15, 0.2) is 5.65 Å². The number of aliphatic hydroxyl groups is 1. The maximum absolute atomic E-state index is 10.2. The van der Waals surface area contributed by atoms with Gasteiger partial charge < -0.3 is 20.5 Å². The summed E-state index contributed by atoms with van der Waals surface area (Å²) in [6.07, 6.45) is 3.52. The number of ether oxygens (including phenoxy) is 1. The van der Waals surface area contributed by atoms with E-state index in [1.165, 1.54) is 6.33 Å². The molecule has 2 aromatic heterocycles. The van der Waals surface area contributed by atoms with Gasteiger partial charge >= 0.3 is 0 Å². The highest BCUT2D eigenvalue weighted by Gasteiger charge is 2.47. The lowest BCUT2D eigenvalue weighted by Crippen LogP contribution is -2.51. The van der Waals surface area contributed by atoms with Crippen LogP contribution in [0, 0.1) is 5.41 Å². The van der Waals surface area contributed by atoms with Gasteiger partial charge in [0, 0.05) is 35.7 Å². The molecule has 2 atom stereocenters. The molecule has 4 heterocycles. The zero-order chi connectivity index (χ0) is 21.8. The van der Waals surface area contributed by atoms with Crippen LogP contribution in [0.5, 0.6) is 0 Å². The number of nitrogens with two attached hydrogens (primary N) is 1. The van der Waals surface area contributed by atoms with Crippen molar-refractivity contribution in [2.24, 2.45) is 11.1 Å². The van der Waals surface area contributed by atoms with E-state index in [2.05, 4.69) is 21.9 Å². The first-order valence-corrected chi connectivity index (χ1v) is 11.2. The number of fused-ring (bicyclic) bond motifs is 1. The van der Waals surface area contributed by atoms with Crippen LogP contribution >= 0.6 is 23.2 Å². The monoisotopic (exact) mass is 461 g/mol. The highest BCUT2D eigenvalue weighted by atomic mass is 35.5. The zero-order valence-electron chi connectivity index (χ0n) is 17.3. The Bertz CT molecular complexity index is 1130. The summed E-state index contributed by atoms with van der Waals surface area (Å²) in [5, 5.41) is 15.6. The first-order chi connectivity index (χ1) is 14.9. The fraction of sp³-hybridized carbons (Fsp3) is 0.455. The molecule has 0 amide bonds. The number of anilines is 1. The maximum Gasteiger partial charge on any atom is 0.165 e. The standard InChI is InChI=1S/C22H25Cl2N5O2/c1-13-20(25)22(11-31-13)5-7-28(8-6-22)17-9-14(10-30)18(21-26-12-27-29(17)21)15-3-2-4-16(23)19(15)24/h2-4,9,12-13,20,30H,5-8,10-11,25H2,1H3. The van der Waals surface area contributed by atoms with Gasteiger partial charge in [-0.15, -0.1) is 0 Å². The zero-order valence-corrected chi connectivity index (χ0v) is 18.8. The molecule has 164 valence electrons. The van der Waals surface area contributed by atoms with E-state index in [0.29, 0.717) is 15.7 Å². The van der Waals surface area contributed by atoms with E-state index in [4.69, 9.17) is 33.7 Å². The van der Waals surface area contributed by atoms with Crippen molar-refractivity contribution in [1.82, 2.24) is 14.6 Å². The van der Waals surface area contributed by atoms with Crippen LogP contribution in [0.25, 0.3) is 16.8 Å². The number of piperidine rings is 1. The topological polar surface area (TPSA) is 88.9 Å². The van der Waals surface area contributed by atoms with Crippen LogP contribution in [-0.2, 0) is 11.3 Å². The minimum atomic E-state index is -0.150. The molecule has 3 aromatic rings. The Labute approximate surface area is 190 Å². The van der Waals surface area contributed by atoms with Gasteiger partial charge in [-0.3, -0.25) is 0 Å². The molecule has 9 heteroatoms. The third-order valence-corrected chi connectivity index (χ3v) is 7.75. The number of hydrogen-bond acceptors (Lipinski definition) is 6. The van der Waals surface area contributed by atoms with Gasteiger partial charge in [-0.2, -0.15) is 9.61 Å². The first kappa shape index (κ1) is 21.0. The van der Waals surface area contributed by atoms with Crippen LogP contribution in [-0.4, -0.2) is 51.5 Å². The second kappa shape index (κ2) is 7.90. The molecule has 2 fully saturated rings. The summed E-state index contributed by atoms with van der Waals surface area (Å²) in [6.45, 7) is 4.29. The summed E-state index contributed by atoms with van der Waals surface area (Å²) < 4.78 is 7.67. The molecule has 2 aliphatic rings. The molecule has 1 aromatic carbocycles. The molecule has 0 saturated carbocycles. The molecule has 3 N–H and O–H groups in total. The summed E-state index contributed by atoms with van der Waals surface area (Å²) >= 11 is 12.8. The minimum absolute atomic E-state index is 0.0332. The summed E-state index contributed by atoms with van der Waals surface area (Å²) in [6, 6.07) is 7.48. The highest BCUT2D eigenvalue weighted by Crippen LogP contribution is 2.43. The number of aromatic nitrogens is 3. The third kappa shape index (κ3) is 3.31. The van der Waals surface area contributed by atoms with E-state index in [1.54, 1.807) is 6.07 Å². The molecule has 5 rings (SSSR count). The molecule has 2 aliphatic heterocycles. The lowest BCUT2D eigenvalue weighted by Gasteiger charge is -2.42. The van der Waals surface area contributed by atoms with Gasteiger partial charge in [0.2, 0.25) is 0 Å².